The fraction of sp³-hybridized carbons (Fsp3) is 0.0400. The Labute approximate surface area is 163 Å². The van der Waals surface area contributed by atoms with Gasteiger partial charge in [0.2, 0.25) is 0 Å². The summed E-state index contributed by atoms with van der Waals surface area (Å²) in [4.78, 5) is 0. The second kappa shape index (κ2) is 6.57. The third-order valence-corrected chi connectivity index (χ3v) is 6.18. The van der Waals surface area contributed by atoms with Crippen LogP contribution in [0.5, 0.6) is 0 Å². The van der Waals surface area contributed by atoms with E-state index in [-0.39, 0.29) is 0 Å². The number of fused-ring (bicyclic) bond motifs is 4. The van der Waals surface area contributed by atoms with Gasteiger partial charge in [-0.05, 0) is 53.5 Å². The van der Waals surface area contributed by atoms with Gasteiger partial charge in [-0.25, -0.2) is 0 Å². The highest BCUT2D eigenvalue weighted by Gasteiger charge is 2.09. The first kappa shape index (κ1) is 16.1. The molecular weight excluding hydrogens is 346 g/mol. The summed E-state index contributed by atoms with van der Waals surface area (Å²) in [6, 6.07) is 23.9. The van der Waals surface area contributed by atoms with Crippen molar-refractivity contribution in [3.8, 4) is 0 Å². The lowest BCUT2D eigenvalue weighted by Crippen LogP contribution is -1.98. The molecule has 0 radical (unpaired) electrons. The summed E-state index contributed by atoms with van der Waals surface area (Å²) < 4.78 is 2.68. The minimum absolute atomic E-state index is 0.887. The van der Waals surface area contributed by atoms with Gasteiger partial charge in [0.15, 0.2) is 0 Å². The standard InChI is InChI=1S/C25H19NS/c1-17-10-11-18(12-13-19-6-2-4-8-23(19)26-17)20-14-15-25-22(16-20)21-7-3-5-9-24(21)27-25/h2-12,14-16,26H,1,13H2/b11-10-,18-12+. The van der Waals surface area contributed by atoms with Crippen LogP contribution in [-0.2, 0) is 6.42 Å². The molecule has 1 aromatic heterocycles. The molecule has 0 aliphatic carbocycles. The number of nitrogens with one attached hydrogen (secondary N) is 1. The molecule has 0 amide bonds. The van der Waals surface area contributed by atoms with Gasteiger partial charge in [-0.15, -0.1) is 11.3 Å². The Bertz CT molecular complexity index is 1240. The number of anilines is 1. The fourth-order valence-corrected chi connectivity index (χ4v) is 4.72. The number of benzene rings is 3. The molecule has 0 fully saturated rings. The van der Waals surface area contributed by atoms with Gasteiger partial charge in [-0.3, -0.25) is 0 Å². The van der Waals surface area contributed by atoms with E-state index in [9.17, 15) is 0 Å². The molecule has 1 aliphatic heterocycles. The third kappa shape index (κ3) is 2.98. The lowest BCUT2D eigenvalue weighted by atomic mass is 10.00. The fourth-order valence-electron chi connectivity index (χ4n) is 3.63. The van der Waals surface area contributed by atoms with Crippen molar-refractivity contribution in [1.82, 2.24) is 0 Å². The largest absolute Gasteiger partial charge is 0.356 e. The lowest BCUT2D eigenvalue weighted by Gasteiger charge is -2.09. The molecule has 0 unspecified atom stereocenters. The van der Waals surface area contributed by atoms with E-state index in [2.05, 4.69) is 96.9 Å². The highest BCUT2D eigenvalue weighted by Crippen LogP contribution is 2.35. The van der Waals surface area contributed by atoms with Gasteiger partial charge in [0, 0.05) is 31.6 Å². The van der Waals surface area contributed by atoms with E-state index in [0.717, 1.165) is 17.8 Å². The number of para-hydroxylation sites is 1. The van der Waals surface area contributed by atoms with Crippen molar-refractivity contribution in [3.63, 3.8) is 0 Å². The number of thiophene rings is 1. The molecule has 1 nitrogen and oxygen atoms in total. The van der Waals surface area contributed by atoms with Crippen molar-refractivity contribution < 1.29 is 0 Å². The van der Waals surface area contributed by atoms with Crippen LogP contribution in [0.1, 0.15) is 11.1 Å². The highest BCUT2D eigenvalue weighted by atomic mass is 32.1. The Kier molecular flexibility index (Phi) is 3.92. The second-order valence-corrected chi connectivity index (χ2v) is 7.90. The average Bonchev–Trinajstić information content (AvgIpc) is 3.09. The predicted molar refractivity (Wildman–Crippen MR) is 119 cm³/mol. The molecule has 5 rings (SSSR count). The number of hydrogen-bond donors (Lipinski definition) is 1. The van der Waals surface area contributed by atoms with Crippen LogP contribution in [0, 0.1) is 0 Å². The lowest BCUT2D eigenvalue weighted by molar-refractivity contribution is 1.27. The van der Waals surface area contributed by atoms with E-state index < -0.39 is 0 Å². The molecule has 1 aliphatic rings. The number of rotatable bonds is 1. The zero-order valence-electron chi connectivity index (χ0n) is 14.9. The van der Waals surface area contributed by atoms with Crippen molar-refractivity contribution in [2.24, 2.45) is 0 Å². The molecular formula is C25H19NS. The molecule has 130 valence electrons. The Balaban J connectivity index is 1.64. The summed E-state index contributed by atoms with van der Waals surface area (Å²) in [6.45, 7) is 4.14. The average molecular weight is 366 g/mol. The molecule has 0 saturated carbocycles. The maximum absolute atomic E-state index is 4.14. The second-order valence-electron chi connectivity index (χ2n) is 6.81. The summed E-state index contributed by atoms with van der Waals surface area (Å²) in [7, 11) is 0. The zero-order chi connectivity index (χ0) is 18.2. The van der Waals surface area contributed by atoms with Crippen LogP contribution in [0.2, 0.25) is 0 Å². The number of hydrogen-bond acceptors (Lipinski definition) is 2. The van der Waals surface area contributed by atoms with Gasteiger partial charge in [0.1, 0.15) is 0 Å². The summed E-state index contributed by atoms with van der Waals surface area (Å²) in [5, 5.41) is 6.08. The van der Waals surface area contributed by atoms with Crippen LogP contribution in [0.3, 0.4) is 0 Å². The van der Waals surface area contributed by atoms with Crippen LogP contribution in [0.25, 0.3) is 25.7 Å². The van der Waals surface area contributed by atoms with E-state index in [1.807, 2.05) is 11.3 Å². The molecule has 2 heterocycles. The maximum Gasteiger partial charge on any atom is 0.0419 e. The molecule has 0 bridgehead atoms. The van der Waals surface area contributed by atoms with E-state index in [0.29, 0.717) is 0 Å². The highest BCUT2D eigenvalue weighted by molar-refractivity contribution is 7.25. The van der Waals surface area contributed by atoms with Crippen LogP contribution in [0.4, 0.5) is 5.69 Å². The van der Waals surface area contributed by atoms with Gasteiger partial charge >= 0.3 is 0 Å². The molecule has 4 aromatic rings. The van der Waals surface area contributed by atoms with Gasteiger partial charge in [0.05, 0.1) is 0 Å². The molecule has 1 N–H and O–H groups in total. The normalized spacial score (nSPS) is 17.3. The minimum Gasteiger partial charge on any atom is -0.356 e. The van der Waals surface area contributed by atoms with E-state index in [1.165, 1.54) is 36.9 Å². The van der Waals surface area contributed by atoms with Crippen LogP contribution < -0.4 is 5.32 Å². The Morgan fingerprint density at radius 2 is 1.63 bits per heavy atom. The quantitative estimate of drug-likeness (QED) is 0.377. The smallest absolute Gasteiger partial charge is 0.0419 e. The third-order valence-electron chi connectivity index (χ3n) is 5.03. The first-order chi connectivity index (χ1) is 13.3. The Morgan fingerprint density at radius 3 is 2.59 bits per heavy atom. The van der Waals surface area contributed by atoms with Gasteiger partial charge in [0.25, 0.3) is 0 Å². The number of allylic oxidation sites excluding steroid dienone is 4. The van der Waals surface area contributed by atoms with E-state index >= 15 is 0 Å². The van der Waals surface area contributed by atoms with E-state index in [4.69, 9.17) is 0 Å². The van der Waals surface area contributed by atoms with Crippen molar-refractivity contribution in [3.05, 3.63) is 108 Å². The Hall–Kier alpha value is -3.10. The van der Waals surface area contributed by atoms with Crippen LogP contribution >= 0.6 is 11.3 Å². The molecule has 2 heteroatoms. The van der Waals surface area contributed by atoms with Crippen molar-refractivity contribution in [1.29, 1.82) is 0 Å². The van der Waals surface area contributed by atoms with Gasteiger partial charge in [-0.2, -0.15) is 0 Å². The van der Waals surface area contributed by atoms with Crippen molar-refractivity contribution >= 4 is 42.8 Å². The molecule has 3 aromatic carbocycles. The maximum atomic E-state index is 4.14. The minimum atomic E-state index is 0.887. The van der Waals surface area contributed by atoms with Crippen LogP contribution in [-0.4, -0.2) is 0 Å². The molecule has 0 saturated heterocycles. The van der Waals surface area contributed by atoms with Gasteiger partial charge < -0.3 is 5.32 Å². The van der Waals surface area contributed by atoms with Crippen molar-refractivity contribution in [2.75, 3.05) is 5.32 Å². The van der Waals surface area contributed by atoms with Gasteiger partial charge in [-0.1, -0.05) is 61.2 Å². The summed E-state index contributed by atoms with van der Waals surface area (Å²) in [5.74, 6) is 0. The molecule has 27 heavy (non-hydrogen) atoms. The molecule has 0 spiro atoms. The molecule has 0 atom stereocenters. The summed E-state index contributed by atoms with van der Waals surface area (Å²) in [6.07, 6.45) is 7.42. The SMILES string of the molecule is C=C1/C=C\C(c2ccc3sc4ccccc4c3c2)=C/Cc2ccccc2N1. The zero-order valence-corrected chi connectivity index (χ0v) is 15.7. The first-order valence-corrected chi connectivity index (χ1v) is 9.93. The van der Waals surface area contributed by atoms with Crippen molar-refractivity contribution in [2.45, 2.75) is 6.42 Å². The van der Waals surface area contributed by atoms with E-state index in [1.54, 1.807) is 0 Å². The summed E-state index contributed by atoms with van der Waals surface area (Å²) >= 11 is 1.86. The van der Waals surface area contributed by atoms with Crippen LogP contribution in [0.15, 0.2) is 97.2 Å². The predicted octanol–water partition coefficient (Wildman–Crippen LogP) is 7.18. The Morgan fingerprint density at radius 1 is 0.815 bits per heavy atom. The topological polar surface area (TPSA) is 12.0 Å². The summed E-state index contributed by atoms with van der Waals surface area (Å²) in [5.41, 5.74) is 5.78. The monoisotopic (exact) mass is 365 g/mol. The first-order valence-electron chi connectivity index (χ1n) is 9.12.